The lowest BCUT2D eigenvalue weighted by molar-refractivity contribution is 0.384. The molecular formula is C15H25FN2O2S. The second-order valence-electron chi connectivity index (χ2n) is 5.11. The van der Waals surface area contributed by atoms with Gasteiger partial charge in [-0.1, -0.05) is 39.5 Å². The van der Waals surface area contributed by atoms with Gasteiger partial charge in [0.25, 0.3) is 10.0 Å². The second-order valence-corrected chi connectivity index (χ2v) is 6.96. The van der Waals surface area contributed by atoms with Crippen LogP contribution in [-0.2, 0) is 10.0 Å². The number of hydrogen-bond acceptors (Lipinski definition) is 3. The Labute approximate surface area is 127 Å². The van der Waals surface area contributed by atoms with Gasteiger partial charge in [0.2, 0.25) is 5.03 Å². The smallest absolute Gasteiger partial charge is 0.241 e. The van der Waals surface area contributed by atoms with Crippen molar-refractivity contribution in [1.29, 1.82) is 0 Å². The van der Waals surface area contributed by atoms with Gasteiger partial charge in [0.05, 0.1) is 0 Å². The minimum absolute atomic E-state index is 0.426. The van der Waals surface area contributed by atoms with Crippen LogP contribution in [0.5, 0.6) is 0 Å². The molecular weight excluding hydrogens is 291 g/mol. The van der Waals surface area contributed by atoms with Gasteiger partial charge in [0.15, 0.2) is 5.82 Å². The van der Waals surface area contributed by atoms with Gasteiger partial charge >= 0.3 is 0 Å². The Balaban J connectivity index is 2.90. The topological polar surface area (TPSA) is 50.3 Å². The van der Waals surface area contributed by atoms with Crippen molar-refractivity contribution in [3.8, 4) is 0 Å². The summed E-state index contributed by atoms with van der Waals surface area (Å²) in [6.45, 7) is 4.98. The Morgan fingerprint density at radius 1 is 1.10 bits per heavy atom. The van der Waals surface area contributed by atoms with Gasteiger partial charge in [-0.25, -0.2) is 17.8 Å². The summed E-state index contributed by atoms with van der Waals surface area (Å²) in [6, 6.07) is 2.53. The van der Waals surface area contributed by atoms with E-state index in [9.17, 15) is 12.8 Å². The van der Waals surface area contributed by atoms with Gasteiger partial charge in [-0.15, -0.1) is 0 Å². The predicted molar refractivity (Wildman–Crippen MR) is 82.0 cm³/mol. The first kappa shape index (κ1) is 18.0. The molecule has 0 radical (unpaired) electrons. The molecule has 0 saturated heterocycles. The average Bonchev–Trinajstić information content (AvgIpc) is 2.46. The summed E-state index contributed by atoms with van der Waals surface area (Å²) in [6.07, 6.45) is 6.84. The van der Waals surface area contributed by atoms with E-state index in [0.717, 1.165) is 44.6 Å². The van der Waals surface area contributed by atoms with Gasteiger partial charge < -0.3 is 0 Å². The van der Waals surface area contributed by atoms with Crippen LogP contribution in [-0.4, -0.2) is 30.8 Å². The molecule has 4 nitrogen and oxygen atoms in total. The third-order valence-corrected chi connectivity index (χ3v) is 5.17. The van der Waals surface area contributed by atoms with Gasteiger partial charge in [0, 0.05) is 19.3 Å². The van der Waals surface area contributed by atoms with Gasteiger partial charge in [-0.3, -0.25) is 0 Å². The van der Waals surface area contributed by atoms with Crippen LogP contribution < -0.4 is 0 Å². The third-order valence-electron chi connectivity index (χ3n) is 3.33. The second kappa shape index (κ2) is 9.10. The molecule has 0 atom stereocenters. The molecule has 0 spiro atoms. The maximum atomic E-state index is 13.8. The molecule has 0 aliphatic rings. The van der Waals surface area contributed by atoms with Crippen molar-refractivity contribution in [2.75, 3.05) is 13.1 Å². The fraction of sp³-hybridized carbons (Fsp3) is 0.667. The van der Waals surface area contributed by atoms with Crippen LogP contribution >= 0.6 is 0 Å². The summed E-state index contributed by atoms with van der Waals surface area (Å²) < 4.78 is 40.3. The van der Waals surface area contributed by atoms with E-state index in [-0.39, 0.29) is 0 Å². The zero-order chi connectivity index (χ0) is 15.7. The Bertz CT molecular complexity index is 510. The first-order valence-corrected chi connectivity index (χ1v) is 9.08. The van der Waals surface area contributed by atoms with Crippen molar-refractivity contribution in [1.82, 2.24) is 9.29 Å². The SMILES string of the molecule is CCCCCN(CCCCC)S(=O)(=O)c1ncccc1F. The van der Waals surface area contributed by atoms with E-state index in [4.69, 9.17) is 0 Å². The van der Waals surface area contributed by atoms with Gasteiger partial charge in [0.1, 0.15) is 0 Å². The summed E-state index contributed by atoms with van der Waals surface area (Å²) in [5.41, 5.74) is 0. The van der Waals surface area contributed by atoms with E-state index in [1.807, 2.05) is 0 Å². The first-order valence-electron chi connectivity index (χ1n) is 7.64. The van der Waals surface area contributed by atoms with Crippen molar-refractivity contribution < 1.29 is 12.8 Å². The fourth-order valence-corrected chi connectivity index (χ4v) is 3.60. The summed E-state index contributed by atoms with van der Waals surface area (Å²) in [5.74, 6) is -0.784. The molecule has 0 amide bonds. The van der Waals surface area contributed by atoms with E-state index in [1.54, 1.807) is 0 Å². The molecule has 0 fully saturated rings. The molecule has 0 saturated carbocycles. The summed E-state index contributed by atoms with van der Waals surface area (Å²) >= 11 is 0. The number of nitrogens with zero attached hydrogens (tertiary/aromatic N) is 2. The minimum atomic E-state index is -3.85. The van der Waals surface area contributed by atoms with Crippen LogP contribution in [0.15, 0.2) is 23.4 Å². The number of halogens is 1. The van der Waals surface area contributed by atoms with E-state index < -0.39 is 20.9 Å². The van der Waals surface area contributed by atoms with Crippen molar-refractivity contribution in [3.63, 3.8) is 0 Å². The number of aromatic nitrogens is 1. The highest BCUT2D eigenvalue weighted by molar-refractivity contribution is 7.89. The standard InChI is InChI=1S/C15H25FN2O2S/c1-3-5-7-12-18(13-8-6-4-2)21(19,20)15-14(16)10-9-11-17-15/h9-11H,3-8,12-13H2,1-2H3. The molecule has 1 aromatic rings. The number of pyridine rings is 1. The maximum absolute atomic E-state index is 13.8. The van der Waals surface area contributed by atoms with Crippen LogP contribution in [0.3, 0.4) is 0 Å². The monoisotopic (exact) mass is 316 g/mol. The fourth-order valence-electron chi connectivity index (χ4n) is 2.11. The third kappa shape index (κ3) is 5.36. The van der Waals surface area contributed by atoms with E-state index in [2.05, 4.69) is 18.8 Å². The molecule has 1 heterocycles. The van der Waals surface area contributed by atoms with Crippen LogP contribution in [0.2, 0.25) is 0 Å². The Hall–Kier alpha value is -1.01. The lowest BCUT2D eigenvalue weighted by atomic mass is 10.2. The van der Waals surface area contributed by atoms with E-state index in [1.165, 1.54) is 16.6 Å². The normalized spacial score (nSPS) is 12.0. The van der Waals surface area contributed by atoms with E-state index in [0.29, 0.717) is 13.1 Å². The number of rotatable bonds is 10. The Kier molecular flexibility index (Phi) is 7.82. The molecule has 0 unspecified atom stereocenters. The van der Waals surface area contributed by atoms with Gasteiger partial charge in [-0.2, -0.15) is 4.31 Å². The van der Waals surface area contributed by atoms with E-state index >= 15 is 0 Å². The molecule has 0 aliphatic carbocycles. The molecule has 6 heteroatoms. The molecule has 0 N–H and O–H groups in total. The first-order chi connectivity index (χ1) is 10.0. The lowest BCUT2D eigenvalue weighted by Gasteiger charge is -2.21. The predicted octanol–water partition coefficient (Wildman–Crippen LogP) is 3.59. The van der Waals surface area contributed by atoms with Crippen LogP contribution in [0.4, 0.5) is 4.39 Å². The number of sulfonamides is 1. The van der Waals surface area contributed by atoms with Gasteiger partial charge in [-0.05, 0) is 25.0 Å². The highest BCUT2D eigenvalue weighted by Crippen LogP contribution is 2.18. The summed E-state index contributed by atoms with van der Waals surface area (Å²) in [7, 11) is -3.85. The number of unbranched alkanes of at least 4 members (excludes halogenated alkanes) is 4. The van der Waals surface area contributed by atoms with Crippen LogP contribution in [0, 0.1) is 5.82 Å². The molecule has 0 bridgehead atoms. The number of hydrogen-bond donors (Lipinski definition) is 0. The molecule has 1 rings (SSSR count). The highest BCUT2D eigenvalue weighted by Gasteiger charge is 2.27. The van der Waals surface area contributed by atoms with Crippen LogP contribution in [0.1, 0.15) is 52.4 Å². The van der Waals surface area contributed by atoms with Crippen molar-refractivity contribution in [2.45, 2.75) is 57.4 Å². The van der Waals surface area contributed by atoms with Crippen molar-refractivity contribution >= 4 is 10.0 Å². The largest absolute Gasteiger partial charge is 0.263 e. The lowest BCUT2D eigenvalue weighted by Crippen LogP contribution is -2.34. The summed E-state index contributed by atoms with van der Waals surface area (Å²) in [5, 5.41) is -0.460. The molecule has 0 aromatic carbocycles. The Morgan fingerprint density at radius 3 is 2.14 bits per heavy atom. The molecule has 1 aromatic heterocycles. The molecule has 120 valence electrons. The Morgan fingerprint density at radius 2 is 1.67 bits per heavy atom. The molecule has 21 heavy (non-hydrogen) atoms. The average molecular weight is 316 g/mol. The quantitative estimate of drug-likeness (QED) is 0.620. The maximum Gasteiger partial charge on any atom is 0.263 e. The van der Waals surface area contributed by atoms with Crippen molar-refractivity contribution in [2.24, 2.45) is 0 Å². The minimum Gasteiger partial charge on any atom is -0.241 e. The summed E-state index contributed by atoms with van der Waals surface area (Å²) in [4.78, 5) is 3.72. The highest BCUT2D eigenvalue weighted by atomic mass is 32.2. The van der Waals surface area contributed by atoms with Crippen LogP contribution in [0.25, 0.3) is 0 Å². The zero-order valence-electron chi connectivity index (χ0n) is 12.9. The molecule has 0 aliphatic heterocycles. The van der Waals surface area contributed by atoms with Crippen molar-refractivity contribution in [3.05, 3.63) is 24.1 Å². The zero-order valence-corrected chi connectivity index (χ0v) is 13.7.